The maximum absolute atomic E-state index is 5.25. The Bertz CT molecular complexity index is 1030. The first-order chi connectivity index (χ1) is 13.6. The first-order valence-electron chi connectivity index (χ1n) is 8.55. The minimum Gasteiger partial charge on any atom is -0.497 e. The van der Waals surface area contributed by atoms with E-state index in [1.165, 1.54) is 0 Å². The number of aromatic nitrogens is 3. The fraction of sp³-hybridized carbons (Fsp3) is 0.0455. The summed E-state index contributed by atoms with van der Waals surface area (Å²) in [6.07, 6.45) is 0. The van der Waals surface area contributed by atoms with E-state index in [2.05, 4.69) is 31.9 Å². The van der Waals surface area contributed by atoms with Gasteiger partial charge in [0.05, 0.1) is 7.11 Å². The SMILES string of the molecule is COc1ccc(-c2nc(-c3ccc(Br)cc3)nc(-c3ccc(Br)cc3)n2)cc1. The summed E-state index contributed by atoms with van der Waals surface area (Å²) in [6, 6.07) is 23.6. The van der Waals surface area contributed by atoms with Gasteiger partial charge in [-0.25, -0.2) is 15.0 Å². The van der Waals surface area contributed by atoms with E-state index < -0.39 is 0 Å². The summed E-state index contributed by atoms with van der Waals surface area (Å²) in [7, 11) is 1.65. The minimum atomic E-state index is 0.619. The first-order valence-corrected chi connectivity index (χ1v) is 10.1. The standard InChI is InChI=1S/C22H15Br2N3O/c1-28-19-12-6-16(7-13-19)22-26-20(14-2-8-17(23)9-3-14)25-21(27-22)15-4-10-18(24)11-5-15/h2-13H,1H3. The zero-order valence-corrected chi connectivity index (χ0v) is 18.1. The van der Waals surface area contributed by atoms with Crippen LogP contribution in [0.1, 0.15) is 0 Å². The molecule has 0 fully saturated rings. The van der Waals surface area contributed by atoms with Gasteiger partial charge in [-0.05, 0) is 48.5 Å². The van der Waals surface area contributed by atoms with Gasteiger partial charge in [-0.3, -0.25) is 0 Å². The topological polar surface area (TPSA) is 47.9 Å². The molecule has 6 heteroatoms. The average molecular weight is 497 g/mol. The molecule has 0 aliphatic heterocycles. The third kappa shape index (κ3) is 4.13. The molecule has 0 aliphatic rings. The molecule has 4 nitrogen and oxygen atoms in total. The molecule has 3 aromatic carbocycles. The van der Waals surface area contributed by atoms with Crippen molar-refractivity contribution in [1.29, 1.82) is 0 Å². The van der Waals surface area contributed by atoms with Crippen molar-refractivity contribution < 1.29 is 4.74 Å². The normalized spacial score (nSPS) is 10.7. The fourth-order valence-electron chi connectivity index (χ4n) is 2.70. The smallest absolute Gasteiger partial charge is 0.164 e. The van der Waals surface area contributed by atoms with Gasteiger partial charge in [0, 0.05) is 25.6 Å². The fourth-order valence-corrected chi connectivity index (χ4v) is 3.23. The van der Waals surface area contributed by atoms with Gasteiger partial charge in [-0.2, -0.15) is 0 Å². The van der Waals surface area contributed by atoms with E-state index >= 15 is 0 Å². The number of methoxy groups -OCH3 is 1. The number of ether oxygens (including phenoxy) is 1. The molecule has 4 rings (SSSR count). The second-order valence-electron chi connectivity index (χ2n) is 6.05. The van der Waals surface area contributed by atoms with Crippen LogP contribution in [0.15, 0.2) is 81.7 Å². The van der Waals surface area contributed by atoms with Gasteiger partial charge in [0.2, 0.25) is 0 Å². The Morgan fingerprint density at radius 2 is 0.857 bits per heavy atom. The van der Waals surface area contributed by atoms with Crippen molar-refractivity contribution >= 4 is 31.9 Å². The lowest BCUT2D eigenvalue weighted by Gasteiger charge is -2.09. The van der Waals surface area contributed by atoms with Crippen molar-refractivity contribution in [3.8, 4) is 39.9 Å². The number of hydrogen-bond acceptors (Lipinski definition) is 4. The lowest BCUT2D eigenvalue weighted by Crippen LogP contribution is -2.00. The Morgan fingerprint density at radius 3 is 1.18 bits per heavy atom. The molecule has 0 radical (unpaired) electrons. The van der Waals surface area contributed by atoms with E-state index in [-0.39, 0.29) is 0 Å². The van der Waals surface area contributed by atoms with Gasteiger partial charge in [-0.15, -0.1) is 0 Å². The molecular formula is C22H15Br2N3O. The number of halogens is 2. The van der Waals surface area contributed by atoms with Crippen molar-refractivity contribution in [2.45, 2.75) is 0 Å². The van der Waals surface area contributed by atoms with Crippen molar-refractivity contribution in [2.75, 3.05) is 7.11 Å². The number of nitrogens with zero attached hydrogens (tertiary/aromatic N) is 3. The highest BCUT2D eigenvalue weighted by atomic mass is 79.9. The van der Waals surface area contributed by atoms with E-state index in [1.807, 2.05) is 72.8 Å². The summed E-state index contributed by atoms with van der Waals surface area (Å²) in [6.45, 7) is 0. The largest absolute Gasteiger partial charge is 0.497 e. The van der Waals surface area contributed by atoms with E-state index in [0.717, 1.165) is 31.4 Å². The predicted molar refractivity (Wildman–Crippen MR) is 118 cm³/mol. The van der Waals surface area contributed by atoms with E-state index in [0.29, 0.717) is 17.5 Å². The number of rotatable bonds is 4. The Labute approximate surface area is 179 Å². The molecule has 0 aliphatic carbocycles. The zero-order chi connectivity index (χ0) is 19.5. The van der Waals surface area contributed by atoms with Crippen LogP contribution in [0.25, 0.3) is 34.2 Å². The van der Waals surface area contributed by atoms with Crippen LogP contribution in [0.2, 0.25) is 0 Å². The van der Waals surface area contributed by atoms with Crippen LogP contribution in [-0.2, 0) is 0 Å². The molecule has 28 heavy (non-hydrogen) atoms. The van der Waals surface area contributed by atoms with E-state index in [1.54, 1.807) is 7.11 Å². The maximum atomic E-state index is 5.25. The second kappa shape index (κ2) is 8.20. The third-order valence-electron chi connectivity index (χ3n) is 4.19. The van der Waals surface area contributed by atoms with E-state index in [9.17, 15) is 0 Å². The van der Waals surface area contributed by atoms with Gasteiger partial charge in [0.1, 0.15) is 5.75 Å². The third-order valence-corrected chi connectivity index (χ3v) is 5.25. The van der Waals surface area contributed by atoms with Crippen LogP contribution in [0.4, 0.5) is 0 Å². The van der Waals surface area contributed by atoms with Gasteiger partial charge >= 0.3 is 0 Å². The van der Waals surface area contributed by atoms with Crippen molar-refractivity contribution in [3.63, 3.8) is 0 Å². The summed E-state index contributed by atoms with van der Waals surface area (Å²) in [4.78, 5) is 14.1. The van der Waals surface area contributed by atoms with Crippen LogP contribution >= 0.6 is 31.9 Å². The molecule has 4 aromatic rings. The second-order valence-corrected chi connectivity index (χ2v) is 7.88. The van der Waals surface area contributed by atoms with E-state index in [4.69, 9.17) is 19.7 Å². The minimum absolute atomic E-state index is 0.619. The number of benzene rings is 3. The Hall–Kier alpha value is -2.57. The van der Waals surface area contributed by atoms with Gasteiger partial charge in [0.15, 0.2) is 17.5 Å². The van der Waals surface area contributed by atoms with Crippen molar-refractivity contribution in [1.82, 2.24) is 15.0 Å². The molecule has 0 atom stereocenters. The van der Waals surface area contributed by atoms with Crippen molar-refractivity contribution in [2.24, 2.45) is 0 Å². The van der Waals surface area contributed by atoms with Crippen LogP contribution < -0.4 is 4.74 Å². The van der Waals surface area contributed by atoms with Gasteiger partial charge in [-0.1, -0.05) is 56.1 Å². The maximum Gasteiger partial charge on any atom is 0.164 e. The molecule has 0 amide bonds. The molecule has 0 N–H and O–H groups in total. The Kier molecular flexibility index (Phi) is 5.50. The summed E-state index contributed by atoms with van der Waals surface area (Å²) in [5, 5.41) is 0. The molecule has 0 bridgehead atoms. The quantitative estimate of drug-likeness (QED) is 0.327. The van der Waals surface area contributed by atoms with Crippen LogP contribution in [0.5, 0.6) is 5.75 Å². The number of hydrogen-bond donors (Lipinski definition) is 0. The Morgan fingerprint density at radius 1 is 0.536 bits per heavy atom. The zero-order valence-electron chi connectivity index (χ0n) is 14.9. The lowest BCUT2D eigenvalue weighted by molar-refractivity contribution is 0.415. The molecule has 0 unspecified atom stereocenters. The highest BCUT2D eigenvalue weighted by molar-refractivity contribution is 9.10. The molecule has 138 valence electrons. The van der Waals surface area contributed by atoms with Gasteiger partial charge < -0.3 is 4.74 Å². The molecule has 1 heterocycles. The van der Waals surface area contributed by atoms with Crippen LogP contribution in [0.3, 0.4) is 0 Å². The highest BCUT2D eigenvalue weighted by Crippen LogP contribution is 2.27. The van der Waals surface area contributed by atoms with Crippen LogP contribution in [-0.4, -0.2) is 22.1 Å². The average Bonchev–Trinajstić information content (AvgIpc) is 2.74. The molecule has 0 spiro atoms. The van der Waals surface area contributed by atoms with Gasteiger partial charge in [0.25, 0.3) is 0 Å². The predicted octanol–water partition coefficient (Wildman–Crippen LogP) is 6.41. The first kappa shape index (κ1) is 18.8. The summed E-state index contributed by atoms with van der Waals surface area (Å²) >= 11 is 6.94. The van der Waals surface area contributed by atoms with Crippen molar-refractivity contribution in [3.05, 3.63) is 81.7 Å². The molecule has 0 saturated heterocycles. The summed E-state index contributed by atoms with van der Waals surface area (Å²) < 4.78 is 7.27. The highest BCUT2D eigenvalue weighted by Gasteiger charge is 2.12. The van der Waals surface area contributed by atoms with Crippen LogP contribution in [0, 0.1) is 0 Å². The molecule has 0 saturated carbocycles. The molecular weight excluding hydrogens is 482 g/mol. The molecule has 1 aromatic heterocycles. The summed E-state index contributed by atoms with van der Waals surface area (Å²) in [5.41, 5.74) is 2.76. The Balaban J connectivity index is 1.86. The monoisotopic (exact) mass is 495 g/mol. The lowest BCUT2D eigenvalue weighted by atomic mass is 10.1. The summed E-state index contributed by atoms with van der Waals surface area (Å²) in [5.74, 6) is 2.67.